The normalized spacial score (nSPS) is 20.6. The molecule has 0 spiro atoms. The van der Waals surface area contributed by atoms with Crippen LogP contribution in [-0.2, 0) is 0 Å². The highest BCUT2D eigenvalue weighted by molar-refractivity contribution is 6.00. The molecule has 0 amide bonds. The third-order valence-electron chi connectivity index (χ3n) is 4.58. The zero-order valence-corrected chi connectivity index (χ0v) is 13.0. The SMILES string of the molecule is Cc1ccccc1C1CC1C(=O)c1ccc(C(C)C)cc1. The van der Waals surface area contributed by atoms with Gasteiger partial charge in [-0.2, -0.15) is 0 Å². The summed E-state index contributed by atoms with van der Waals surface area (Å²) in [6.07, 6.45) is 0.996. The molecular formula is C20H22O. The fourth-order valence-electron chi connectivity index (χ4n) is 3.08. The molecular weight excluding hydrogens is 256 g/mol. The number of Topliss-reactive ketones (excluding diaryl/α,β-unsaturated/α-hetero) is 1. The van der Waals surface area contributed by atoms with Crippen LogP contribution in [0.1, 0.15) is 59.2 Å². The molecule has 1 heteroatoms. The zero-order valence-electron chi connectivity index (χ0n) is 13.0. The van der Waals surface area contributed by atoms with Crippen molar-refractivity contribution in [1.82, 2.24) is 0 Å². The van der Waals surface area contributed by atoms with E-state index in [1.165, 1.54) is 16.7 Å². The van der Waals surface area contributed by atoms with Crippen molar-refractivity contribution in [3.8, 4) is 0 Å². The Labute approximate surface area is 127 Å². The minimum atomic E-state index is 0.177. The fraction of sp³-hybridized carbons (Fsp3) is 0.350. The quantitative estimate of drug-likeness (QED) is 0.711. The van der Waals surface area contributed by atoms with E-state index in [9.17, 15) is 4.79 Å². The third kappa shape index (κ3) is 2.78. The van der Waals surface area contributed by atoms with Crippen molar-refractivity contribution in [3.05, 3.63) is 70.8 Å². The van der Waals surface area contributed by atoms with Crippen LogP contribution in [0.2, 0.25) is 0 Å². The van der Waals surface area contributed by atoms with E-state index in [-0.39, 0.29) is 5.92 Å². The Balaban J connectivity index is 1.74. The van der Waals surface area contributed by atoms with Gasteiger partial charge in [-0.15, -0.1) is 0 Å². The smallest absolute Gasteiger partial charge is 0.166 e. The van der Waals surface area contributed by atoms with Gasteiger partial charge in [-0.25, -0.2) is 0 Å². The first-order chi connectivity index (χ1) is 10.1. The molecule has 0 heterocycles. The second kappa shape index (κ2) is 5.48. The minimum absolute atomic E-state index is 0.177. The average Bonchev–Trinajstić information content (AvgIpc) is 3.27. The number of carbonyl (C=O) groups is 1. The number of ketones is 1. The molecule has 0 radical (unpaired) electrons. The Morgan fingerprint density at radius 3 is 2.33 bits per heavy atom. The first-order valence-corrected chi connectivity index (χ1v) is 7.77. The predicted molar refractivity (Wildman–Crippen MR) is 86.9 cm³/mol. The first-order valence-electron chi connectivity index (χ1n) is 7.77. The lowest BCUT2D eigenvalue weighted by Gasteiger charge is -2.07. The summed E-state index contributed by atoms with van der Waals surface area (Å²) < 4.78 is 0. The number of benzene rings is 2. The monoisotopic (exact) mass is 278 g/mol. The van der Waals surface area contributed by atoms with Gasteiger partial charge in [0, 0.05) is 11.5 Å². The van der Waals surface area contributed by atoms with Crippen LogP contribution in [0.25, 0.3) is 0 Å². The van der Waals surface area contributed by atoms with E-state index in [1.54, 1.807) is 0 Å². The van der Waals surface area contributed by atoms with Crippen LogP contribution in [0, 0.1) is 12.8 Å². The maximum atomic E-state index is 12.6. The Kier molecular flexibility index (Phi) is 3.67. The molecule has 0 N–H and O–H groups in total. The fourth-order valence-corrected chi connectivity index (χ4v) is 3.08. The predicted octanol–water partition coefficient (Wildman–Crippen LogP) is 5.10. The Hall–Kier alpha value is -1.89. The molecule has 2 aromatic carbocycles. The van der Waals surface area contributed by atoms with Gasteiger partial charge in [0.1, 0.15) is 0 Å². The highest BCUT2D eigenvalue weighted by Crippen LogP contribution is 2.50. The maximum absolute atomic E-state index is 12.6. The highest BCUT2D eigenvalue weighted by atomic mass is 16.1. The maximum Gasteiger partial charge on any atom is 0.166 e. The van der Waals surface area contributed by atoms with E-state index >= 15 is 0 Å². The molecule has 0 aromatic heterocycles. The molecule has 3 rings (SSSR count). The molecule has 21 heavy (non-hydrogen) atoms. The zero-order chi connectivity index (χ0) is 15.0. The van der Waals surface area contributed by atoms with Crippen LogP contribution in [0.3, 0.4) is 0 Å². The topological polar surface area (TPSA) is 17.1 Å². The van der Waals surface area contributed by atoms with Crippen LogP contribution in [-0.4, -0.2) is 5.78 Å². The molecule has 1 nitrogen and oxygen atoms in total. The van der Waals surface area contributed by atoms with Gasteiger partial charge >= 0.3 is 0 Å². The lowest BCUT2D eigenvalue weighted by molar-refractivity contribution is 0.0965. The summed E-state index contributed by atoms with van der Waals surface area (Å²) in [6, 6.07) is 16.6. The Morgan fingerprint density at radius 2 is 1.71 bits per heavy atom. The van der Waals surface area contributed by atoms with E-state index < -0.39 is 0 Å². The summed E-state index contributed by atoms with van der Waals surface area (Å²) in [4.78, 5) is 12.6. The van der Waals surface area contributed by atoms with Crippen molar-refractivity contribution >= 4 is 5.78 Å². The van der Waals surface area contributed by atoms with E-state index in [1.807, 2.05) is 12.1 Å². The van der Waals surface area contributed by atoms with Gasteiger partial charge in [-0.3, -0.25) is 4.79 Å². The molecule has 1 aliphatic rings. The van der Waals surface area contributed by atoms with Gasteiger partial charge in [-0.1, -0.05) is 62.4 Å². The number of hydrogen-bond donors (Lipinski definition) is 0. The second-order valence-electron chi connectivity index (χ2n) is 6.45. The lowest BCUT2D eigenvalue weighted by atomic mass is 9.97. The number of rotatable bonds is 4. The summed E-state index contributed by atoms with van der Waals surface area (Å²) >= 11 is 0. The third-order valence-corrected chi connectivity index (χ3v) is 4.58. The number of aryl methyl sites for hydroxylation is 1. The summed E-state index contributed by atoms with van der Waals surface area (Å²) in [6.45, 7) is 6.48. The van der Waals surface area contributed by atoms with Crippen molar-refractivity contribution in [2.45, 2.75) is 39.0 Å². The van der Waals surface area contributed by atoms with Crippen LogP contribution in [0.15, 0.2) is 48.5 Å². The van der Waals surface area contributed by atoms with Gasteiger partial charge in [0.05, 0.1) is 0 Å². The molecule has 0 saturated heterocycles. The molecule has 0 bridgehead atoms. The minimum Gasteiger partial charge on any atom is -0.294 e. The van der Waals surface area contributed by atoms with Gasteiger partial charge < -0.3 is 0 Å². The van der Waals surface area contributed by atoms with Gasteiger partial charge in [0.2, 0.25) is 0 Å². The second-order valence-corrected chi connectivity index (χ2v) is 6.45. The largest absolute Gasteiger partial charge is 0.294 e. The molecule has 2 aromatic rings. The van der Waals surface area contributed by atoms with Crippen molar-refractivity contribution in [1.29, 1.82) is 0 Å². The van der Waals surface area contributed by atoms with Gasteiger partial charge in [0.25, 0.3) is 0 Å². The van der Waals surface area contributed by atoms with Crippen molar-refractivity contribution in [2.24, 2.45) is 5.92 Å². The van der Waals surface area contributed by atoms with Crippen LogP contribution >= 0.6 is 0 Å². The molecule has 0 aliphatic heterocycles. The molecule has 1 aliphatic carbocycles. The Morgan fingerprint density at radius 1 is 1.05 bits per heavy atom. The molecule has 1 saturated carbocycles. The van der Waals surface area contributed by atoms with E-state index in [4.69, 9.17) is 0 Å². The molecule has 1 fully saturated rings. The number of carbonyl (C=O) groups excluding carboxylic acids is 1. The van der Waals surface area contributed by atoms with Crippen molar-refractivity contribution in [2.75, 3.05) is 0 Å². The summed E-state index contributed by atoms with van der Waals surface area (Å²) in [5, 5.41) is 0. The van der Waals surface area contributed by atoms with E-state index in [2.05, 4.69) is 57.2 Å². The van der Waals surface area contributed by atoms with E-state index in [0.29, 0.717) is 17.6 Å². The van der Waals surface area contributed by atoms with Crippen LogP contribution in [0.5, 0.6) is 0 Å². The lowest BCUT2D eigenvalue weighted by Crippen LogP contribution is -2.04. The van der Waals surface area contributed by atoms with Crippen molar-refractivity contribution < 1.29 is 4.79 Å². The average molecular weight is 278 g/mol. The van der Waals surface area contributed by atoms with Crippen LogP contribution < -0.4 is 0 Å². The van der Waals surface area contributed by atoms with Crippen LogP contribution in [0.4, 0.5) is 0 Å². The first kappa shape index (κ1) is 14.1. The summed E-state index contributed by atoms with van der Waals surface area (Å²) in [5.41, 5.74) is 4.79. The summed E-state index contributed by atoms with van der Waals surface area (Å²) in [5.74, 6) is 1.41. The number of hydrogen-bond acceptors (Lipinski definition) is 1. The molecule has 108 valence electrons. The standard InChI is InChI=1S/C20H22O/c1-13(2)15-8-10-16(11-9-15)20(21)19-12-18(19)17-7-5-4-6-14(17)3/h4-11,13,18-19H,12H2,1-3H3. The van der Waals surface area contributed by atoms with E-state index in [0.717, 1.165) is 12.0 Å². The van der Waals surface area contributed by atoms with Gasteiger partial charge in [-0.05, 0) is 41.9 Å². The highest BCUT2D eigenvalue weighted by Gasteiger charge is 2.44. The van der Waals surface area contributed by atoms with Crippen molar-refractivity contribution in [3.63, 3.8) is 0 Å². The molecule has 2 unspecified atom stereocenters. The summed E-state index contributed by atoms with van der Waals surface area (Å²) in [7, 11) is 0. The van der Waals surface area contributed by atoms with Gasteiger partial charge in [0.15, 0.2) is 5.78 Å². The Bertz CT molecular complexity index is 652. The molecule has 2 atom stereocenters.